The van der Waals surface area contributed by atoms with Crippen molar-refractivity contribution in [3.8, 4) is 0 Å². The van der Waals surface area contributed by atoms with Crippen LogP contribution in [0.3, 0.4) is 0 Å². The smallest absolute Gasteiger partial charge is 0.355 e. The second-order valence-electron chi connectivity index (χ2n) is 4.97. The normalized spacial score (nSPS) is 23.2. The van der Waals surface area contributed by atoms with Gasteiger partial charge in [-0.3, -0.25) is 15.0 Å². The highest BCUT2D eigenvalue weighted by molar-refractivity contribution is 6.46. The fraction of sp³-hybridized carbons (Fsp3) is 0.286. The minimum Gasteiger partial charge on any atom is -0.464 e. The molecule has 2 amide bonds. The number of nitrogens with one attached hydrogen (secondary N) is 1. The Balaban J connectivity index is 2.02. The minimum absolute atomic E-state index is 0.0898. The average Bonchev–Trinajstić information content (AvgIpc) is 3.04. The molecule has 0 saturated carbocycles. The van der Waals surface area contributed by atoms with Gasteiger partial charge in [-0.05, 0) is 24.6 Å². The number of hydrogen-bond donors (Lipinski definition) is 1. The van der Waals surface area contributed by atoms with Crippen molar-refractivity contribution in [2.75, 3.05) is 12.0 Å². The molecule has 0 radical (unpaired) electrons. The molecule has 1 aromatic rings. The number of rotatable bonds is 2. The molecule has 8 heteroatoms. The first-order valence-electron chi connectivity index (χ1n) is 6.51. The second kappa shape index (κ2) is 5.10. The minimum atomic E-state index is -0.974. The third-order valence-electron chi connectivity index (χ3n) is 3.80. The van der Waals surface area contributed by atoms with Crippen LogP contribution < -0.4 is 10.3 Å². The van der Waals surface area contributed by atoms with E-state index in [9.17, 15) is 14.4 Å². The Bertz CT molecular complexity index is 731. The topological polar surface area (TPSA) is 88.1 Å². The van der Waals surface area contributed by atoms with Crippen LogP contribution in [0.2, 0.25) is 5.02 Å². The van der Waals surface area contributed by atoms with E-state index < -0.39 is 29.7 Å². The van der Waals surface area contributed by atoms with Gasteiger partial charge in [-0.15, -0.1) is 0 Å². The summed E-state index contributed by atoms with van der Waals surface area (Å²) < 4.78 is 4.60. The molecule has 7 nitrogen and oxygen atoms in total. The van der Waals surface area contributed by atoms with Gasteiger partial charge in [0.25, 0.3) is 5.91 Å². The number of hydrazone groups is 1. The fourth-order valence-corrected chi connectivity index (χ4v) is 2.81. The Kier molecular flexibility index (Phi) is 3.37. The largest absolute Gasteiger partial charge is 0.464 e. The van der Waals surface area contributed by atoms with Crippen molar-refractivity contribution in [2.45, 2.75) is 13.0 Å². The molecule has 2 atom stereocenters. The highest BCUT2D eigenvalue weighted by Gasteiger charge is 2.55. The molecule has 0 spiro atoms. The Morgan fingerprint density at radius 1 is 1.36 bits per heavy atom. The average molecular weight is 322 g/mol. The fourth-order valence-electron chi connectivity index (χ4n) is 2.64. The van der Waals surface area contributed by atoms with E-state index in [1.165, 1.54) is 7.11 Å². The number of imide groups is 1. The van der Waals surface area contributed by atoms with Crippen molar-refractivity contribution in [1.29, 1.82) is 0 Å². The van der Waals surface area contributed by atoms with E-state index in [2.05, 4.69) is 15.3 Å². The van der Waals surface area contributed by atoms with Crippen LogP contribution in [0.1, 0.15) is 5.56 Å². The van der Waals surface area contributed by atoms with Crippen LogP contribution in [0.4, 0.5) is 5.69 Å². The van der Waals surface area contributed by atoms with Crippen molar-refractivity contribution in [3.63, 3.8) is 0 Å². The summed E-state index contributed by atoms with van der Waals surface area (Å²) in [5.74, 6) is -2.69. The molecule has 1 saturated heterocycles. The molecule has 2 aliphatic heterocycles. The summed E-state index contributed by atoms with van der Waals surface area (Å²) in [6.45, 7) is 1.72. The summed E-state index contributed by atoms with van der Waals surface area (Å²) >= 11 is 6.05. The first-order chi connectivity index (χ1) is 10.5. The van der Waals surface area contributed by atoms with Gasteiger partial charge in [-0.1, -0.05) is 17.7 Å². The molecule has 2 aliphatic rings. The van der Waals surface area contributed by atoms with E-state index in [1.807, 2.05) is 0 Å². The number of halogens is 1. The zero-order valence-corrected chi connectivity index (χ0v) is 12.5. The molecule has 114 valence electrons. The number of hydrogen-bond acceptors (Lipinski definition) is 6. The number of benzene rings is 1. The Labute approximate surface area is 130 Å². The SMILES string of the molecule is COC(=O)C1=NNC2C(=O)N(c3cccc(Cl)c3C)C(=O)C12. The maximum atomic E-state index is 12.6. The van der Waals surface area contributed by atoms with Gasteiger partial charge in [-0.25, -0.2) is 9.69 Å². The second-order valence-corrected chi connectivity index (χ2v) is 5.38. The first-order valence-corrected chi connectivity index (χ1v) is 6.89. The number of carbonyl (C=O) groups is 3. The molecule has 2 heterocycles. The van der Waals surface area contributed by atoms with Crippen LogP contribution in [0, 0.1) is 12.8 Å². The van der Waals surface area contributed by atoms with E-state index in [4.69, 9.17) is 11.6 Å². The van der Waals surface area contributed by atoms with Crippen LogP contribution >= 0.6 is 11.6 Å². The van der Waals surface area contributed by atoms with Crippen molar-refractivity contribution < 1.29 is 19.1 Å². The van der Waals surface area contributed by atoms with Crippen molar-refractivity contribution in [3.05, 3.63) is 28.8 Å². The van der Waals surface area contributed by atoms with Crippen molar-refractivity contribution in [1.82, 2.24) is 5.43 Å². The zero-order valence-electron chi connectivity index (χ0n) is 11.8. The molecule has 0 aliphatic carbocycles. The van der Waals surface area contributed by atoms with Crippen LogP contribution in [-0.4, -0.2) is 36.6 Å². The van der Waals surface area contributed by atoms with Gasteiger partial charge < -0.3 is 4.74 Å². The molecule has 0 bridgehead atoms. The van der Waals surface area contributed by atoms with Crippen LogP contribution in [0.25, 0.3) is 0 Å². The summed E-state index contributed by atoms with van der Waals surface area (Å²) in [5.41, 5.74) is 3.47. The quantitative estimate of drug-likeness (QED) is 0.638. The Hall–Kier alpha value is -2.41. The van der Waals surface area contributed by atoms with Crippen LogP contribution in [-0.2, 0) is 19.1 Å². The van der Waals surface area contributed by atoms with Gasteiger partial charge in [-0.2, -0.15) is 5.10 Å². The summed E-state index contributed by atoms with van der Waals surface area (Å²) in [5, 5.41) is 4.21. The molecule has 1 fully saturated rings. The van der Waals surface area contributed by atoms with Gasteiger partial charge >= 0.3 is 5.97 Å². The number of amides is 2. The lowest BCUT2D eigenvalue weighted by Gasteiger charge is -2.18. The highest BCUT2D eigenvalue weighted by atomic mass is 35.5. The lowest BCUT2D eigenvalue weighted by atomic mass is 9.99. The Morgan fingerprint density at radius 2 is 2.09 bits per heavy atom. The molecule has 1 N–H and O–H groups in total. The van der Waals surface area contributed by atoms with Crippen LogP contribution in [0.15, 0.2) is 23.3 Å². The van der Waals surface area contributed by atoms with E-state index in [0.717, 1.165) is 4.90 Å². The maximum Gasteiger partial charge on any atom is 0.355 e. The number of fused-ring (bicyclic) bond motifs is 1. The summed E-state index contributed by atoms with van der Waals surface area (Å²) in [7, 11) is 1.19. The number of ether oxygens (including phenoxy) is 1. The van der Waals surface area contributed by atoms with Crippen LogP contribution in [0.5, 0.6) is 0 Å². The predicted molar refractivity (Wildman–Crippen MR) is 78.5 cm³/mol. The third kappa shape index (κ3) is 1.89. The van der Waals surface area contributed by atoms with E-state index in [0.29, 0.717) is 16.3 Å². The van der Waals surface area contributed by atoms with Gasteiger partial charge in [0.2, 0.25) is 5.91 Å². The summed E-state index contributed by atoms with van der Waals surface area (Å²) in [4.78, 5) is 37.8. The number of nitrogens with zero attached hydrogens (tertiary/aromatic N) is 2. The molecular weight excluding hydrogens is 310 g/mol. The molecule has 2 unspecified atom stereocenters. The third-order valence-corrected chi connectivity index (χ3v) is 4.21. The molecular formula is C14H12ClN3O4. The van der Waals surface area contributed by atoms with Crippen molar-refractivity contribution in [2.24, 2.45) is 11.0 Å². The van der Waals surface area contributed by atoms with E-state index >= 15 is 0 Å². The highest BCUT2D eigenvalue weighted by Crippen LogP contribution is 2.34. The standard InChI is InChI=1S/C14H12ClN3O4/c1-6-7(15)4-3-5-8(6)18-12(19)9-10(13(18)20)16-17-11(9)14(21)22-2/h3-5,9-10,16H,1-2H3. The lowest BCUT2D eigenvalue weighted by molar-refractivity contribution is -0.133. The lowest BCUT2D eigenvalue weighted by Crippen LogP contribution is -2.36. The Morgan fingerprint density at radius 3 is 2.77 bits per heavy atom. The molecule has 22 heavy (non-hydrogen) atoms. The molecule has 1 aromatic carbocycles. The summed E-state index contributed by atoms with van der Waals surface area (Å²) in [6, 6.07) is 4.07. The number of carbonyl (C=O) groups excluding carboxylic acids is 3. The van der Waals surface area contributed by atoms with E-state index in [1.54, 1.807) is 25.1 Å². The zero-order chi connectivity index (χ0) is 16.0. The first kappa shape index (κ1) is 14.5. The number of methoxy groups -OCH3 is 1. The summed E-state index contributed by atoms with van der Waals surface area (Å²) in [6.07, 6.45) is 0. The van der Waals surface area contributed by atoms with Crippen molar-refractivity contribution >= 4 is 40.8 Å². The molecule has 3 rings (SSSR count). The van der Waals surface area contributed by atoms with E-state index in [-0.39, 0.29) is 5.71 Å². The van der Waals surface area contributed by atoms with Gasteiger partial charge in [0.1, 0.15) is 12.0 Å². The van der Waals surface area contributed by atoms with Gasteiger partial charge in [0, 0.05) is 5.02 Å². The number of anilines is 1. The predicted octanol–water partition coefficient (Wildman–Crippen LogP) is 0.639. The van der Waals surface area contributed by atoms with Gasteiger partial charge in [0.15, 0.2) is 5.71 Å². The monoisotopic (exact) mass is 321 g/mol. The molecule has 0 aromatic heterocycles. The maximum absolute atomic E-state index is 12.6. The van der Waals surface area contributed by atoms with Gasteiger partial charge in [0.05, 0.1) is 12.8 Å². The number of esters is 1.